The lowest BCUT2D eigenvalue weighted by Crippen LogP contribution is -2.41. The Hall–Kier alpha value is -1.88. The maximum Gasteiger partial charge on any atom is 0.263 e. The molecule has 106 valence electrons. The van der Waals surface area contributed by atoms with Crippen molar-refractivity contribution in [2.45, 2.75) is 13.8 Å². The zero-order valence-electron chi connectivity index (χ0n) is 11.3. The van der Waals surface area contributed by atoms with E-state index in [1.54, 1.807) is 12.1 Å². The summed E-state index contributed by atoms with van der Waals surface area (Å²) in [5.41, 5.74) is 0.426. The number of imide groups is 1. The first-order valence-electron chi connectivity index (χ1n) is 6.33. The molecule has 1 N–H and O–H groups in total. The van der Waals surface area contributed by atoms with E-state index >= 15 is 0 Å². The van der Waals surface area contributed by atoms with Gasteiger partial charge in [0.05, 0.1) is 16.1 Å². The number of benzene rings is 1. The van der Waals surface area contributed by atoms with Crippen LogP contribution in [0.5, 0.6) is 0 Å². The molecular weight excluding hydrogens is 280 g/mol. The quantitative estimate of drug-likeness (QED) is 0.860. The number of hydrogen-bond acceptors (Lipinski definition) is 3. The van der Waals surface area contributed by atoms with Crippen LogP contribution in [0, 0.1) is 5.92 Å². The molecule has 1 aliphatic heterocycles. The Bertz CT molecular complexity index is 584. The molecule has 0 spiro atoms. The van der Waals surface area contributed by atoms with E-state index in [-0.39, 0.29) is 28.6 Å². The summed E-state index contributed by atoms with van der Waals surface area (Å²) >= 11 is 5.93. The number of nitrogens with one attached hydrogen (secondary N) is 1. The van der Waals surface area contributed by atoms with Crippen molar-refractivity contribution in [3.8, 4) is 0 Å². The molecule has 0 fully saturated rings. The normalized spacial score (nSPS) is 13.9. The summed E-state index contributed by atoms with van der Waals surface area (Å²) in [6.45, 7) is 4.14. The minimum atomic E-state index is -0.518. The Kier molecular flexibility index (Phi) is 4.09. The second kappa shape index (κ2) is 5.63. The molecule has 1 aliphatic rings. The van der Waals surface area contributed by atoms with Gasteiger partial charge in [-0.15, -0.1) is 0 Å². The van der Waals surface area contributed by atoms with E-state index in [0.717, 1.165) is 4.90 Å². The molecule has 0 aromatic heterocycles. The summed E-state index contributed by atoms with van der Waals surface area (Å²) in [7, 11) is 0. The first kappa shape index (κ1) is 14.5. The van der Waals surface area contributed by atoms with Crippen LogP contribution >= 0.6 is 11.6 Å². The van der Waals surface area contributed by atoms with Crippen molar-refractivity contribution in [2.24, 2.45) is 5.92 Å². The molecule has 0 radical (unpaired) electrons. The summed E-state index contributed by atoms with van der Waals surface area (Å²) in [5.74, 6) is -1.05. The third-order valence-electron chi connectivity index (χ3n) is 2.96. The van der Waals surface area contributed by atoms with Crippen molar-refractivity contribution in [3.05, 3.63) is 34.3 Å². The van der Waals surface area contributed by atoms with Crippen LogP contribution in [0.15, 0.2) is 18.2 Å². The van der Waals surface area contributed by atoms with Gasteiger partial charge in [0.25, 0.3) is 11.8 Å². The number of hydrogen-bond donors (Lipinski definition) is 1. The van der Waals surface area contributed by atoms with E-state index in [4.69, 9.17) is 11.6 Å². The molecule has 0 atom stereocenters. The second-order valence-electron chi connectivity index (χ2n) is 5.06. The minimum absolute atomic E-state index is 0.177. The van der Waals surface area contributed by atoms with Crippen LogP contribution in [-0.4, -0.2) is 35.7 Å². The first-order chi connectivity index (χ1) is 9.41. The van der Waals surface area contributed by atoms with Crippen molar-refractivity contribution >= 4 is 29.3 Å². The van der Waals surface area contributed by atoms with E-state index in [2.05, 4.69) is 5.32 Å². The fourth-order valence-corrected chi connectivity index (χ4v) is 2.21. The van der Waals surface area contributed by atoms with Crippen LogP contribution in [0.1, 0.15) is 34.6 Å². The maximum absolute atomic E-state index is 12.1. The van der Waals surface area contributed by atoms with Crippen LogP contribution in [0.4, 0.5) is 0 Å². The van der Waals surface area contributed by atoms with Crippen molar-refractivity contribution < 1.29 is 14.4 Å². The molecule has 1 aromatic rings. The summed E-state index contributed by atoms with van der Waals surface area (Å²) in [5, 5.41) is 2.90. The van der Waals surface area contributed by atoms with Crippen LogP contribution < -0.4 is 5.32 Å². The Morgan fingerprint density at radius 3 is 2.60 bits per heavy atom. The molecule has 2 rings (SSSR count). The molecule has 1 aromatic carbocycles. The van der Waals surface area contributed by atoms with Gasteiger partial charge in [-0.3, -0.25) is 19.3 Å². The van der Waals surface area contributed by atoms with Crippen molar-refractivity contribution in [3.63, 3.8) is 0 Å². The van der Waals surface area contributed by atoms with Crippen molar-refractivity contribution in [1.82, 2.24) is 10.2 Å². The lowest BCUT2D eigenvalue weighted by Gasteiger charge is -2.14. The topological polar surface area (TPSA) is 66.5 Å². The summed E-state index contributed by atoms with van der Waals surface area (Å²) in [6, 6.07) is 4.69. The number of carbonyl (C=O) groups is 3. The van der Waals surface area contributed by atoms with Gasteiger partial charge in [0.1, 0.15) is 6.54 Å². The minimum Gasteiger partial charge on any atom is -0.354 e. The highest BCUT2D eigenvalue weighted by atomic mass is 35.5. The van der Waals surface area contributed by atoms with Crippen LogP contribution in [0.2, 0.25) is 5.02 Å². The maximum atomic E-state index is 12.1. The van der Waals surface area contributed by atoms with Gasteiger partial charge in [-0.05, 0) is 18.1 Å². The highest BCUT2D eigenvalue weighted by Crippen LogP contribution is 2.28. The lowest BCUT2D eigenvalue weighted by molar-refractivity contribution is -0.121. The average Bonchev–Trinajstić information content (AvgIpc) is 2.63. The van der Waals surface area contributed by atoms with Crippen molar-refractivity contribution in [1.29, 1.82) is 0 Å². The molecule has 1 heterocycles. The number of nitrogens with zero attached hydrogens (tertiary/aromatic N) is 1. The predicted molar refractivity (Wildman–Crippen MR) is 74.7 cm³/mol. The number of carbonyl (C=O) groups excluding carboxylic acids is 3. The zero-order valence-corrected chi connectivity index (χ0v) is 12.0. The molecule has 5 nitrogen and oxygen atoms in total. The lowest BCUT2D eigenvalue weighted by atomic mass is 10.1. The van der Waals surface area contributed by atoms with Gasteiger partial charge in [0.2, 0.25) is 5.91 Å². The molecule has 0 unspecified atom stereocenters. The SMILES string of the molecule is CC(C)CNC(=O)CN1C(=O)c2cccc(Cl)c2C1=O. The van der Waals surface area contributed by atoms with Gasteiger partial charge in [-0.25, -0.2) is 0 Å². The number of fused-ring (bicyclic) bond motifs is 1. The van der Waals surface area contributed by atoms with E-state index in [1.807, 2.05) is 13.8 Å². The monoisotopic (exact) mass is 294 g/mol. The molecule has 3 amide bonds. The Morgan fingerprint density at radius 2 is 2.00 bits per heavy atom. The van der Waals surface area contributed by atoms with Gasteiger partial charge in [-0.2, -0.15) is 0 Å². The molecular formula is C14H15ClN2O3. The van der Waals surface area contributed by atoms with E-state index in [9.17, 15) is 14.4 Å². The van der Waals surface area contributed by atoms with Gasteiger partial charge in [-0.1, -0.05) is 31.5 Å². The van der Waals surface area contributed by atoms with Crippen LogP contribution in [-0.2, 0) is 4.79 Å². The second-order valence-corrected chi connectivity index (χ2v) is 5.46. The third kappa shape index (κ3) is 2.67. The smallest absolute Gasteiger partial charge is 0.263 e. The number of halogens is 1. The fourth-order valence-electron chi connectivity index (χ4n) is 1.95. The number of amides is 3. The average molecular weight is 295 g/mol. The highest BCUT2D eigenvalue weighted by Gasteiger charge is 2.38. The van der Waals surface area contributed by atoms with E-state index in [0.29, 0.717) is 12.5 Å². The van der Waals surface area contributed by atoms with Crippen LogP contribution in [0.25, 0.3) is 0 Å². The summed E-state index contributed by atoms with van der Waals surface area (Å²) in [4.78, 5) is 36.9. The largest absolute Gasteiger partial charge is 0.354 e. The Balaban J connectivity index is 2.13. The molecule has 0 saturated heterocycles. The molecule has 0 saturated carbocycles. The van der Waals surface area contributed by atoms with Gasteiger partial charge in [0, 0.05) is 6.54 Å². The first-order valence-corrected chi connectivity index (χ1v) is 6.71. The Morgan fingerprint density at radius 1 is 1.30 bits per heavy atom. The summed E-state index contributed by atoms with van der Waals surface area (Å²) < 4.78 is 0. The number of rotatable bonds is 4. The van der Waals surface area contributed by atoms with Gasteiger partial charge >= 0.3 is 0 Å². The summed E-state index contributed by atoms with van der Waals surface area (Å²) in [6.07, 6.45) is 0. The van der Waals surface area contributed by atoms with Crippen molar-refractivity contribution in [2.75, 3.05) is 13.1 Å². The molecule has 0 bridgehead atoms. The van der Waals surface area contributed by atoms with Crippen LogP contribution in [0.3, 0.4) is 0 Å². The molecule has 20 heavy (non-hydrogen) atoms. The van der Waals surface area contributed by atoms with Gasteiger partial charge in [0.15, 0.2) is 0 Å². The molecule has 6 heteroatoms. The highest BCUT2D eigenvalue weighted by molar-refractivity contribution is 6.37. The molecule has 0 aliphatic carbocycles. The third-order valence-corrected chi connectivity index (χ3v) is 3.27. The van der Waals surface area contributed by atoms with E-state index < -0.39 is 11.8 Å². The predicted octanol–water partition coefficient (Wildman–Crippen LogP) is 1.71. The fraction of sp³-hybridized carbons (Fsp3) is 0.357. The van der Waals surface area contributed by atoms with E-state index in [1.165, 1.54) is 6.07 Å². The standard InChI is InChI=1S/C14H15ClN2O3/c1-8(2)6-16-11(18)7-17-13(19)9-4-3-5-10(15)12(9)14(17)20/h3-5,8H,6-7H2,1-2H3,(H,16,18). The zero-order chi connectivity index (χ0) is 14.9. The van der Waals surface area contributed by atoms with Gasteiger partial charge < -0.3 is 5.32 Å². The Labute approximate surface area is 121 Å².